The summed E-state index contributed by atoms with van der Waals surface area (Å²) in [5.74, 6) is 2.64. The number of fused-ring (bicyclic) bond motifs is 1. The fraction of sp³-hybridized carbons (Fsp3) is 0.143. The van der Waals surface area contributed by atoms with Crippen LogP contribution in [0.3, 0.4) is 0 Å². The van der Waals surface area contributed by atoms with Crippen LogP contribution in [-0.4, -0.2) is 39.2 Å². The number of benzene rings is 1. The van der Waals surface area contributed by atoms with E-state index < -0.39 is 6.09 Å². The van der Waals surface area contributed by atoms with Gasteiger partial charge in [-0.25, -0.2) is 9.78 Å². The van der Waals surface area contributed by atoms with Gasteiger partial charge in [0.15, 0.2) is 0 Å². The smallest absolute Gasteiger partial charge is 0.407 e. The highest BCUT2D eigenvalue weighted by molar-refractivity contribution is 5.94. The second-order valence-corrected chi connectivity index (χ2v) is 6.36. The van der Waals surface area contributed by atoms with Gasteiger partial charge < -0.3 is 20.3 Å². The van der Waals surface area contributed by atoms with Gasteiger partial charge in [0, 0.05) is 41.6 Å². The molecule has 0 saturated heterocycles. The van der Waals surface area contributed by atoms with Gasteiger partial charge >= 0.3 is 6.09 Å². The molecule has 0 fully saturated rings. The highest BCUT2D eigenvalue weighted by atomic mass is 16.4. The molecule has 1 aromatic carbocycles. The molecule has 6 heteroatoms. The van der Waals surface area contributed by atoms with Crippen molar-refractivity contribution in [3.63, 3.8) is 0 Å². The average molecular weight is 358 g/mol. The fourth-order valence-corrected chi connectivity index (χ4v) is 3.24. The molecular weight excluding hydrogens is 340 g/mol. The predicted octanol–water partition coefficient (Wildman–Crippen LogP) is 4.05. The number of nitrogens with zero attached hydrogens (tertiary/aromatic N) is 2. The van der Waals surface area contributed by atoms with Crippen LogP contribution >= 0.6 is 0 Å². The third kappa shape index (κ3) is 3.35. The Morgan fingerprint density at radius 3 is 2.96 bits per heavy atom. The molecule has 3 N–H and O–H groups in total. The first-order valence-corrected chi connectivity index (χ1v) is 8.63. The quantitative estimate of drug-likeness (QED) is 0.617. The Morgan fingerprint density at radius 2 is 2.22 bits per heavy atom. The number of aromatic nitrogens is 2. The van der Waals surface area contributed by atoms with Crippen molar-refractivity contribution in [1.82, 2.24) is 14.9 Å². The zero-order valence-corrected chi connectivity index (χ0v) is 14.6. The molecule has 0 radical (unpaired) electrons. The molecule has 3 aromatic rings. The first kappa shape index (κ1) is 16.7. The van der Waals surface area contributed by atoms with Crippen LogP contribution in [0.2, 0.25) is 0 Å². The van der Waals surface area contributed by atoms with E-state index in [1.54, 1.807) is 6.20 Å². The second kappa shape index (κ2) is 6.89. The zero-order chi connectivity index (χ0) is 18.8. The largest absolute Gasteiger partial charge is 0.465 e. The van der Waals surface area contributed by atoms with E-state index in [0.717, 1.165) is 39.2 Å². The van der Waals surface area contributed by atoms with E-state index in [9.17, 15) is 4.79 Å². The first-order chi connectivity index (χ1) is 13.1. The fourth-order valence-electron chi connectivity index (χ4n) is 3.24. The van der Waals surface area contributed by atoms with Gasteiger partial charge in [-0.05, 0) is 42.3 Å². The number of terminal acetylenes is 1. The highest BCUT2D eigenvalue weighted by Crippen LogP contribution is 2.30. The average Bonchev–Trinajstić information content (AvgIpc) is 3.13. The number of hydrogen-bond donors (Lipinski definition) is 3. The maximum Gasteiger partial charge on any atom is 0.407 e. The molecule has 0 unspecified atom stereocenters. The molecule has 1 aliphatic heterocycles. The van der Waals surface area contributed by atoms with Gasteiger partial charge in [-0.15, -0.1) is 6.42 Å². The summed E-state index contributed by atoms with van der Waals surface area (Å²) < 4.78 is 0. The van der Waals surface area contributed by atoms with Crippen molar-refractivity contribution < 1.29 is 9.90 Å². The molecule has 27 heavy (non-hydrogen) atoms. The minimum Gasteiger partial charge on any atom is -0.465 e. The van der Waals surface area contributed by atoms with E-state index in [2.05, 4.69) is 27.3 Å². The van der Waals surface area contributed by atoms with Crippen LogP contribution in [0.4, 0.5) is 16.2 Å². The van der Waals surface area contributed by atoms with Crippen molar-refractivity contribution in [1.29, 1.82) is 0 Å². The predicted molar refractivity (Wildman–Crippen MR) is 106 cm³/mol. The van der Waals surface area contributed by atoms with E-state index in [1.165, 1.54) is 4.90 Å². The molecule has 6 nitrogen and oxygen atoms in total. The number of amides is 1. The summed E-state index contributed by atoms with van der Waals surface area (Å²) >= 11 is 0. The number of carboxylic acid groups (broad SMARTS) is 1. The monoisotopic (exact) mass is 358 g/mol. The number of hydrogen-bond acceptors (Lipinski definition) is 3. The molecule has 1 aliphatic rings. The number of H-pyrrole nitrogens is 1. The van der Waals surface area contributed by atoms with Gasteiger partial charge in [-0.1, -0.05) is 18.1 Å². The number of nitrogens with one attached hydrogen (secondary N) is 2. The molecule has 0 aliphatic carbocycles. The third-order valence-corrected chi connectivity index (χ3v) is 4.67. The Hall–Kier alpha value is -3.72. The van der Waals surface area contributed by atoms with Gasteiger partial charge in [0.1, 0.15) is 5.65 Å². The number of pyridine rings is 1. The molecule has 4 rings (SSSR count). The summed E-state index contributed by atoms with van der Waals surface area (Å²) in [6, 6.07) is 11.7. The lowest BCUT2D eigenvalue weighted by molar-refractivity contribution is 0.150. The summed E-state index contributed by atoms with van der Waals surface area (Å²) in [7, 11) is 0. The number of carbonyl (C=O) groups is 1. The van der Waals surface area contributed by atoms with Crippen LogP contribution < -0.4 is 5.32 Å². The summed E-state index contributed by atoms with van der Waals surface area (Å²) in [4.78, 5) is 20.2. The Kier molecular flexibility index (Phi) is 4.27. The Labute approximate surface area is 156 Å². The van der Waals surface area contributed by atoms with E-state index in [-0.39, 0.29) is 0 Å². The van der Waals surface area contributed by atoms with Crippen LogP contribution in [-0.2, 0) is 0 Å². The van der Waals surface area contributed by atoms with Crippen LogP contribution in [0.5, 0.6) is 0 Å². The minimum absolute atomic E-state index is 0.400. The van der Waals surface area contributed by atoms with Crippen molar-refractivity contribution in [2.75, 3.05) is 18.4 Å². The van der Waals surface area contributed by atoms with Gasteiger partial charge in [-0.2, -0.15) is 0 Å². The van der Waals surface area contributed by atoms with Crippen molar-refractivity contribution in [3.8, 4) is 12.3 Å². The lowest BCUT2D eigenvalue weighted by Gasteiger charge is -2.23. The molecule has 1 amide bonds. The standard InChI is InChI=1S/C21H18N4O2/c1-2-14-4-3-5-16(12-14)23-18-6-9-22-20-17(18)13-19(24-20)15-7-10-25(11-8-15)21(26)27/h1,3-7,9,12-13H,8,10-11H2,(H,26,27)(H2,22,23,24). The first-order valence-electron chi connectivity index (χ1n) is 8.63. The third-order valence-electron chi connectivity index (χ3n) is 4.67. The highest BCUT2D eigenvalue weighted by Gasteiger charge is 2.18. The molecule has 0 bridgehead atoms. The normalized spacial score (nSPS) is 13.9. The Bertz CT molecular complexity index is 1090. The van der Waals surface area contributed by atoms with Crippen molar-refractivity contribution in [2.24, 2.45) is 0 Å². The zero-order valence-electron chi connectivity index (χ0n) is 14.6. The SMILES string of the molecule is C#Cc1cccc(Nc2ccnc3[nH]c(C4=CCN(C(=O)O)CC4)cc23)c1. The van der Waals surface area contributed by atoms with Gasteiger partial charge in [-0.3, -0.25) is 0 Å². The van der Waals surface area contributed by atoms with E-state index in [0.29, 0.717) is 19.5 Å². The molecule has 134 valence electrons. The van der Waals surface area contributed by atoms with E-state index in [1.807, 2.05) is 36.4 Å². The number of anilines is 2. The molecule has 2 aromatic heterocycles. The minimum atomic E-state index is -0.885. The lowest BCUT2D eigenvalue weighted by atomic mass is 10.1. The maximum atomic E-state index is 11.1. The van der Waals surface area contributed by atoms with Crippen LogP contribution in [0.1, 0.15) is 17.7 Å². The lowest BCUT2D eigenvalue weighted by Crippen LogP contribution is -2.33. The molecule has 0 saturated carbocycles. The molecule has 0 atom stereocenters. The van der Waals surface area contributed by atoms with Crippen LogP contribution in [0.15, 0.2) is 48.7 Å². The van der Waals surface area contributed by atoms with Gasteiger partial charge in [0.05, 0.1) is 5.69 Å². The van der Waals surface area contributed by atoms with Gasteiger partial charge in [0.2, 0.25) is 0 Å². The van der Waals surface area contributed by atoms with E-state index in [4.69, 9.17) is 11.5 Å². The summed E-state index contributed by atoms with van der Waals surface area (Å²) in [5, 5.41) is 13.5. The number of aromatic amines is 1. The van der Waals surface area contributed by atoms with Crippen LogP contribution in [0, 0.1) is 12.3 Å². The second-order valence-electron chi connectivity index (χ2n) is 6.36. The Balaban J connectivity index is 1.65. The number of rotatable bonds is 3. The summed E-state index contributed by atoms with van der Waals surface area (Å²) in [5.41, 5.74) is 5.51. The van der Waals surface area contributed by atoms with Gasteiger partial charge in [0.25, 0.3) is 0 Å². The summed E-state index contributed by atoms with van der Waals surface area (Å²) in [6.45, 7) is 0.894. The Morgan fingerprint density at radius 1 is 1.33 bits per heavy atom. The van der Waals surface area contributed by atoms with Crippen molar-refractivity contribution in [3.05, 3.63) is 59.9 Å². The van der Waals surface area contributed by atoms with E-state index >= 15 is 0 Å². The maximum absolute atomic E-state index is 11.1. The van der Waals surface area contributed by atoms with Crippen molar-refractivity contribution >= 4 is 34.1 Å². The summed E-state index contributed by atoms with van der Waals surface area (Å²) in [6.07, 6.45) is 8.96. The molecule has 0 spiro atoms. The van der Waals surface area contributed by atoms with Crippen molar-refractivity contribution in [2.45, 2.75) is 6.42 Å². The molecular formula is C21H18N4O2. The topological polar surface area (TPSA) is 81.2 Å². The molecule has 3 heterocycles. The van der Waals surface area contributed by atoms with Crippen LogP contribution in [0.25, 0.3) is 16.6 Å².